The van der Waals surface area contributed by atoms with E-state index >= 15 is 0 Å². The Kier molecular flexibility index (Phi) is 7.32. The molecule has 3 aromatic rings. The van der Waals surface area contributed by atoms with Crippen molar-refractivity contribution in [2.75, 3.05) is 7.11 Å². The van der Waals surface area contributed by atoms with Crippen molar-refractivity contribution in [3.05, 3.63) is 89.2 Å². The van der Waals surface area contributed by atoms with Crippen molar-refractivity contribution in [3.8, 4) is 11.8 Å². The average Bonchev–Trinajstić information content (AvgIpc) is 3.19. The largest absolute Gasteiger partial charge is 0.497 e. The van der Waals surface area contributed by atoms with Crippen LogP contribution in [0.4, 0.5) is 0 Å². The van der Waals surface area contributed by atoms with E-state index in [4.69, 9.17) is 4.74 Å². The van der Waals surface area contributed by atoms with Gasteiger partial charge in [-0.25, -0.2) is 0 Å². The summed E-state index contributed by atoms with van der Waals surface area (Å²) < 4.78 is 7.68. The van der Waals surface area contributed by atoms with Crippen LogP contribution in [0.1, 0.15) is 43.2 Å². The molecule has 1 unspecified atom stereocenters. The third-order valence-electron chi connectivity index (χ3n) is 5.76. The van der Waals surface area contributed by atoms with Crippen LogP contribution in [0.15, 0.2) is 66.9 Å². The minimum atomic E-state index is 0.413. The van der Waals surface area contributed by atoms with E-state index in [1.165, 1.54) is 16.8 Å². The molecule has 4 nitrogen and oxygen atoms in total. The Labute approximate surface area is 180 Å². The van der Waals surface area contributed by atoms with Crippen molar-refractivity contribution < 1.29 is 4.74 Å². The Balaban J connectivity index is 1.81. The van der Waals surface area contributed by atoms with Gasteiger partial charge in [0.2, 0.25) is 0 Å². The highest BCUT2D eigenvalue weighted by molar-refractivity contribution is 5.33. The summed E-state index contributed by atoms with van der Waals surface area (Å²) in [5.41, 5.74) is 4.39. The molecule has 1 atom stereocenters. The van der Waals surface area contributed by atoms with Gasteiger partial charge in [0.15, 0.2) is 0 Å². The molecule has 0 aliphatic rings. The lowest BCUT2D eigenvalue weighted by molar-refractivity contribution is 0.148. The van der Waals surface area contributed by atoms with Crippen molar-refractivity contribution in [1.29, 1.82) is 5.26 Å². The first-order valence-corrected chi connectivity index (χ1v) is 10.5. The molecule has 0 saturated heterocycles. The molecular formula is C26H31N3O. The van der Waals surface area contributed by atoms with Gasteiger partial charge < -0.3 is 9.30 Å². The highest BCUT2D eigenvalue weighted by Gasteiger charge is 2.19. The number of hydrogen-bond acceptors (Lipinski definition) is 3. The summed E-state index contributed by atoms with van der Waals surface area (Å²) in [6.45, 7) is 9.30. The normalized spacial score (nSPS) is 12.2. The van der Waals surface area contributed by atoms with E-state index in [0.717, 1.165) is 25.4 Å². The molecule has 0 amide bonds. The van der Waals surface area contributed by atoms with Crippen LogP contribution < -0.4 is 4.74 Å². The van der Waals surface area contributed by atoms with Crippen molar-refractivity contribution in [2.24, 2.45) is 5.92 Å². The van der Waals surface area contributed by atoms with Crippen LogP contribution in [0.3, 0.4) is 0 Å². The summed E-state index contributed by atoms with van der Waals surface area (Å²) in [5.74, 6) is 1.42. The monoisotopic (exact) mass is 401 g/mol. The van der Waals surface area contributed by atoms with E-state index in [-0.39, 0.29) is 0 Å². The van der Waals surface area contributed by atoms with E-state index < -0.39 is 0 Å². The maximum atomic E-state index is 9.24. The third kappa shape index (κ3) is 5.52. The number of rotatable bonds is 9. The van der Waals surface area contributed by atoms with Crippen LogP contribution in [0.5, 0.6) is 5.75 Å². The van der Waals surface area contributed by atoms with E-state index in [9.17, 15) is 5.26 Å². The summed E-state index contributed by atoms with van der Waals surface area (Å²) in [7, 11) is 1.70. The van der Waals surface area contributed by atoms with Gasteiger partial charge in [-0.1, -0.05) is 38.1 Å². The minimum Gasteiger partial charge on any atom is -0.497 e. The fraction of sp³-hybridized carbons (Fsp3) is 0.346. The highest BCUT2D eigenvalue weighted by atomic mass is 16.5. The predicted molar refractivity (Wildman–Crippen MR) is 121 cm³/mol. The molecule has 0 N–H and O–H groups in total. The fourth-order valence-corrected chi connectivity index (χ4v) is 3.66. The molecule has 0 fully saturated rings. The highest BCUT2D eigenvalue weighted by Crippen LogP contribution is 2.20. The molecule has 30 heavy (non-hydrogen) atoms. The summed E-state index contributed by atoms with van der Waals surface area (Å²) in [4.78, 5) is 2.50. The Morgan fingerprint density at radius 3 is 2.47 bits per heavy atom. The SMILES string of the molecule is COc1cccc(Cn2cccc2CN(Cc2cccc(C#N)c2)C(C)C(C)C)c1. The lowest BCUT2D eigenvalue weighted by Gasteiger charge is -2.32. The maximum Gasteiger partial charge on any atom is 0.119 e. The molecule has 0 aliphatic carbocycles. The van der Waals surface area contributed by atoms with Gasteiger partial charge in [0, 0.05) is 37.6 Å². The number of aromatic nitrogens is 1. The molecule has 4 heteroatoms. The summed E-state index contributed by atoms with van der Waals surface area (Å²) in [5, 5.41) is 9.24. The molecule has 3 rings (SSSR count). The van der Waals surface area contributed by atoms with Crippen molar-refractivity contribution in [2.45, 2.75) is 46.4 Å². The van der Waals surface area contributed by atoms with Gasteiger partial charge in [-0.3, -0.25) is 4.90 Å². The van der Waals surface area contributed by atoms with E-state index in [2.05, 4.69) is 72.8 Å². The van der Waals surface area contributed by atoms with Gasteiger partial charge in [0.1, 0.15) is 5.75 Å². The fourth-order valence-electron chi connectivity index (χ4n) is 3.66. The molecule has 156 valence electrons. The summed E-state index contributed by atoms with van der Waals surface area (Å²) >= 11 is 0. The van der Waals surface area contributed by atoms with E-state index in [0.29, 0.717) is 17.5 Å². The number of hydrogen-bond donors (Lipinski definition) is 0. The standard InChI is InChI=1S/C26H31N3O/c1-20(2)21(3)29(18-23-9-5-8-22(14-23)16-27)19-25-11-7-13-28(25)17-24-10-6-12-26(15-24)30-4/h5-15,20-21H,17-19H2,1-4H3. The quantitative estimate of drug-likeness (QED) is 0.478. The first kappa shape index (κ1) is 21.7. The van der Waals surface area contributed by atoms with Crippen LogP contribution >= 0.6 is 0 Å². The molecule has 1 heterocycles. The molecule has 0 radical (unpaired) electrons. The van der Waals surface area contributed by atoms with Gasteiger partial charge in [-0.2, -0.15) is 5.26 Å². The van der Waals surface area contributed by atoms with Crippen molar-refractivity contribution in [1.82, 2.24) is 9.47 Å². The number of nitriles is 1. The number of methoxy groups -OCH3 is 1. The average molecular weight is 402 g/mol. The lowest BCUT2D eigenvalue weighted by atomic mass is 10.0. The van der Waals surface area contributed by atoms with Gasteiger partial charge in [-0.05, 0) is 60.4 Å². The Hall–Kier alpha value is -3.03. The Bertz CT molecular complexity index is 999. The van der Waals surface area contributed by atoms with Crippen LogP contribution in [-0.4, -0.2) is 22.6 Å². The number of benzene rings is 2. The first-order valence-electron chi connectivity index (χ1n) is 10.5. The molecule has 0 saturated carbocycles. The Morgan fingerprint density at radius 2 is 1.73 bits per heavy atom. The van der Waals surface area contributed by atoms with Crippen LogP contribution in [0, 0.1) is 17.2 Å². The second-order valence-electron chi connectivity index (χ2n) is 8.18. The van der Waals surface area contributed by atoms with Crippen LogP contribution in [0.2, 0.25) is 0 Å². The topological polar surface area (TPSA) is 41.2 Å². The molecule has 0 bridgehead atoms. The summed E-state index contributed by atoms with van der Waals surface area (Å²) in [6.07, 6.45) is 2.14. The summed E-state index contributed by atoms with van der Waals surface area (Å²) in [6, 6.07) is 23.1. The molecule has 0 spiro atoms. The smallest absolute Gasteiger partial charge is 0.119 e. The number of nitrogens with zero attached hydrogens (tertiary/aromatic N) is 3. The number of ether oxygens (including phenoxy) is 1. The second kappa shape index (κ2) is 10.1. The third-order valence-corrected chi connectivity index (χ3v) is 5.76. The maximum absolute atomic E-state index is 9.24. The Morgan fingerprint density at radius 1 is 0.967 bits per heavy atom. The van der Waals surface area contributed by atoms with Crippen LogP contribution in [-0.2, 0) is 19.6 Å². The van der Waals surface area contributed by atoms with Crippen molar-refractivity contribution in [3.63, 3.8) is 0 Å². The minimum absolute atomic E-state index is 0.413. The van der Waals surface area contributed by atoms with Crippen molar-refractivity contribution >= 4 is 0 Å². The predicted octanol–water partition coefficient (Wildman–Crippen LogP) is 5.46. The molecule has 1 aromatic heterocycles. The lowest BCUT2D eigenvalue weighted by Crippen LogP contribution is -2.36. The van der Waals surface area contributed by atoms with Gasteiger partial charge in [-0.15, -0.1) is 0 Å². The van der Waals surface area contributed by atoms with E-state index in [1.54, 1.807) is 7.11 Å². The van der Waals surface area contributed by atoms with Gasteiger partial charge in [0.05, 0.1) is 18.7 Å². The van der Waals surface area contributed by atoms with Gasteiger partial charge in [0.25, 0.3) is 0 Å². The van der Waals surface area contributed by atoms with Crippen LogP contribution in [0.25, 0.3) is 0 Å². The van der Waals surface area contributed by atoms with Gasteiger partial charge >= 0.3 is 0 Å². The zero-order valence-corrected chi connectivity index (χ0v) is 18.4. The second-order valence-corrected chi connectivity index (χ2v) is 8.18. The zero-order valence-electron chi connectivity index (χ0n) is 18.4. The molecule has 0 aliphatic heterocycles. The molecular weight excluding hydrogens is 370 g/mol. The zero-order chi connectivity index (χ0) is 21.5. The van der Waals surface area contributed by atoms with E-state index in [1.807, 2.05) is 30.3 Å². The first-order chi connectivity index (χ1) is 14.5. The molecule has 2 aromatic carbocycles.